The highest BCUT2D eigenvalue weighted by atomic mass is 32.1. The van der Waals surface area contributed by atoms with Crippen molar-refractivity contribution in [3.05, 3.63) is 28.8 Å². The molecule has 0 fully saturated rings. The van der Waals surface area contributed by atoms with Crippen molar-refractivity contribution in [3.8, 4) is 6.07 Å². The zero-order valence-electron chi connectivity index (χ0n) is 9.91. The summed E-state index contributed by atoms with van der Waals surface area (Å²) in [6.07, 6.45) is -4.97. The molecule has 0 saturated carbocycles. The van der Waals surface area contributed by atoms with E-state index in [1.165, 1.54) is 0 Å². The van der Waals surface area contributed by atoms with Gasteiger partial charge in [-0.15, -0.1) is 12.6 Å². The molecule has 7 heteroatoms. The number of nitrogens with zero attached hydrogens (tertiary/aromatic N) is 1. The van der Waals surface area contributed by atoms with Gasteiger partial charge in [-0.25, -0.2) is 0 Å². The number of alkyl halides is 3. The van der Waals surface area contributed by atoms with E-state index < -0.39 is 17.7 Å². The smallest absolute Gasteiger partial charge is 0.417 e. The minimum absolute atomic E-state index is 0.0222. The molecular formula is C12H10F3NO2S. The van der Waals surface area contributed by atoms with Gasteiger partial charge < -0.3 is 4.74 Å². The Bertz CT molecular complexity index is 535. The van der Waals surface area contributed by atoms with E-state index in [2.05, 4.69) is 17.4 Å². The summed E-state index contributed by atoms with van der Waals surface area (Å²) in [7, 11) is 0. The fourth-order valence-corrected chi connectivity index (χ4v) is 1.80. The van der Waals surface area contributed by atoms with Crippen molar-refractivity contribution < 1.29 is 22.7 Å². The van der Waals surface area contributed by atoms with Crippen molar-refractivity contribution in [1.29, 1.82) is 5.26 Å². The molecule has 0 atom stereocenters. The average molecular weight is 289 g/mol. The Kier molecular flexibility index (Phi) is 4.84. The van der Waals surface area contributed by atoms with Gasteiger partial charge in [0.25, 0.3) is 0 Å². The van der Waals surface area contributed by atoms with Crippen LogP contribution in [0.1, 0.15) is 23.6 Å². The highest BCUT2D eigenvalue weighted by Gasteiger charge is 2.33. The third kappa shape index (κ3) is 3.89. The Balaban J connectivity index is 3.23. The van der Waals surface area contributed by atoms with Gasteiger partial charge in [0.05, 0.1) is 30.2 Å². The number of carbonyl (C=O) groups is 1. The lowest BCUT2D eigenvalue weighted by Gasteiger charge is -2.12. The third-order valence-corrected chi connectivity index (χ3v) is 2.66. The van der Waals surface area contributed by atoms with Crippen LogP contribution in [0, 0.1) is 11.3 Å². The minimum Gasteiger partial charge on any atom is -0.466 e. The van der Waals surface area contributed by atoms with Gasteiger partial charge in [0.2, 0.25) is 0 Å². The third-order valence-electron chi connectivity index (χ3n) is 2.29. The van der Waals surface area contributed by atoms with E-state index in [9.17, 15) is 18.0 Å². The molecule has 19 heavy (non-hydrogen) atoms. The van der Waals surface area contributed by atoms with Crippen LogP contribution in [-0.2, 0) is 22.1 Å². The van der Waals surface area contributed by atoms with Crippen molar-refractivity contribution in [1.82, 2.24) is 0 Å². The highest BCUT2D eigenvalue weighted by Crippen LogP contribution is 2.35. The van der Waals surface area contributed by atoms with Crippen LogP contribution in [0.4, 0.5) is 13.2 Å². The van der Waals surface area contributed by atoms with E-state index in [4.69, 9.17) is 5.26 Å². The average Bonchev–Trinajstić information content (AvgIpc) is 2.29. The molecule has 0 unspecified atom stereocenters. The van der Waals surface area contributed by atoms with E-state index in [1.807, 2.05) is 0 Å². The topological polar surface area (TPSA) is 50.1 Å². The number of esters is 1. The standard InChI is InChI=1S/C12H10F3NO2S/c1-2-18-11(17)5-7-3-9(12(13,14)15)10(19)4-8(7)6-16/h3-4,19H,2,5H2,1H3. The fourth-order valence-electron chi connectivity index (χ4n) is 1.48. The Hall–Kier alpha value is -1.68. The lowest BCUT2D eigenvalue weighted by molar-refractivity contribution is -0.143. The van der Waals surface area contributed by atoms with Gasteiger partial charge in [-0.2, -0.15) is 18.4 Å². The SMILES string of the molecule is CCOC(=O)Cc1cc(C(F)(F)F)c(S)cc1C#N. The van der Waals surface area contributed by atoms with Crippen molar-refractivity contribution in [2.45, 2.75) is 24.4 Å². The first kappa shape index (κ1) is 15.4. The van der Waals surface area contributed by atoms with Gasteiger partial charge in [-0.05, 0) is 24.6 Å². The number of halogens is 3. The van der Waals surface area contributed by atoms with Gasteiger partial charge in [-0.1, -0.05) is 0 Å². The van der Waals surface area contributed by atoms with Crippen molar-refractivity contribution in [3.63, 3.8) is 0 Å². The number of thiol groups is 1. The Morgan fingerprint density at radius 3 is 2.58 bits per heavy atom. The Labute approximate surface area is 113 Å². The van der Waals surface area contributed by atoms with E-state index in [1.54, 1.807) is 13.0 Å². The van der Waals surface area contributed by atoms with Crippen molar-refractivity contribution in [2.24, 2.45) is 0 Å². The van der Waals surface area contributed by atoms with Crippen molar-refractivity contribution in [2.75, 3.05) is 6.61 Å². The molecule has 3 nitrogen and oxygen atoms in total. The van der Waals surface area contributed by atoms with Crippen molar-refractivity contribution >= 4 is 18.6 Å². The zero-order chi connectivity index (χ0) is 14.6. The molecule has 0 aromatic heterocycles. The van der Waals surface area contributed by atoms with Crippen LogP contribution in [-0.4, -0.2) is 12.6 Å². The number of rotatable bonds is 3. The van der Waals surface area contributed by atoms with E-state index in [0.29, 0.717) is 0 Å². The Morgan fingerprint density at radius 1 is 1.47 bits per heavy atom. The number of hydrogen-bond acceptors (Lipinski definition) is 4. The predicted molar refractivity (Wildman–Crippen MR) is 63.7 cm³/mol. The molecule has 1 aromatic carbocycles. The molecule has 0 aliphatic carbocycles. The molecular weight excluding hydrogens is 279 g/mol. The predicted octanol–water partition coefficient (Wildman–Crippen LogP) is 2.97. The van der Waals surface area contributed by atoms with Crippen LogP contribution in [0.25, 0.3) is 0 Å². The second-order valence-corrected chi connectivity index (χ2v) is 4.10. The second kappa shape index (κ2) is 5.97. The summed E-state index contributed by atoms with van der Waals surface area (Å²) in [4.78, 5) is 10.9. The van der Waals surface area contributed by atoms with Crippen LogP contribution in [0.15, 0.2) is 17.0 Å². The Morgan fingerprint density at radius 2 is 2.11 bits per heavy atom. The molecule has 0 spiro atoms. The maximum atomic E-state index is 12.7. The summed E-state index contributed by atoms with van der Waals surface area (Å²) in [5, 5.41) is 8.86. The lowest BCUT2D eigenvalue weighted by Crippen LogP contribution is -2.12. The molecule has 102 valence electrons. The van der Waals surface area contributed by atoms with Gasteiger partial charge in [0, 0.05) is 4.90 Å². The summed E-state index contributed by atoms with van der Waals surface area (Å²) in [6, 6.07) is 3.50. The van der Waals surface area contributed by atoms with Crippen LogP contribution in [0.5, 0.6) is 0 Å². The number of hydrogen-bond donors (Lipinski definition) is 1. The van der Waals surface area contributed by atoms with Gasteiger partial charge in [0.15, 0.2) is 0 Å². The highest BCUT2D eigenvalue weighted by molar-refractivity contribution is 7.80. The maximum Gasteiger partial charge on any atom is 0.417 e. The summed E-state index contributed by atoms with van der Waals surface area (Å²) in [5.74, 6) is -0.681. The molecule has 0 N–H and O–H groups in total. The van der Waals surface area contributed by atoms with Gasteiger partial charge >= 0.3 is 12.1 Å². The fraction of sp³-hybridized carbons (Fsp3) is 0.333. The first-order chi connectivity index (χ1) is 8.79. The van der Waals surface area contributed by atoms with Crippen LogP contribution >= 0.6 is 12.6 Å². The quantitative estimate of drug-likeness (QED) is 0.687. The number of carbonyl (C=O) groups excluding carboxylic acids is 1. The molecule has 0 amide bonds. The van der Waals surface area contributed by atoms with Crippen LogP contribution in [0.3, 0.4) is 0 Å². The molecule has 1 aromatic rings. The summed E-state index contributed by atoms with van der Waals surface area (Å²) in [6.45, 7) is 1.71. The second-order valence-electron chi connectivity index (χ2n) is 3.62. The maximum absolute atomic E-state index is 12.7. The van der Waals surface area contributed by atoms with Gasteiger partial charge in [-0.3, -0.25) is 4.79 Å². The number of benzene rings is 1. The molecule has 1 rings (SSSR count). The molecule has 0 bridgehead atoms. The normalized spacial score (nSPS) is 10.9. The lowest BCUT2D eigenvalue weighted by atomic mass is 10.0. The number of ether oxygens (including phenoxy) is 1. The summed E-state index contributed by atoms with van der Waals surface area (Å²) < 4.78 is 42.8. The monoisotopic (exact) mass is 289 g/mol. The number of nitriles is 1. The summed E-state index contributed by atoms with van der Waals surface area (Å²) >= 11 is 3.71. The van der Waals surface area contributed by atoms with E-state index in [0.717, 1.165) is 12.1 Å². The van der Waals surface area contributed by atoms with E-state index >= 15 is 0 Å². The first-order valence-electron chi connectivity index (χ1n) is 5.28. The van der Waals surface area contributed by atoms with Crippen LogP contribution in [0.2, 0.25) is 0 Å². The first-order valence-corrected chi connectivity index (χ1v) is 5.73. The molecule has 0 aliphatic rings. The zero-order valence-corrected chi connectivity index (χ0v) is 10.8. The minimum atomic E-state index is -4.59. The molecule has 0 saturated heterocycles. The van der Waals surface area contributed by atoms with E-state index in [-0.39, 0.29) is 29.1 Å². The molecule has 0 aliphatic heterocycles. The summed E-state index contributed by atoms with van der Waals surface area (Å²) in [5.41, 5.74) is -1.02. The van der Waals surface area contributed by atoms with Crippen LogP contribution < -0.4 is 0 Å². The largest absolute Gasteiger partial charge is 0.466 e. The molecule has 0 radical (unpaired) electrons. The van der Waals surface area contributed by atoms with Gasteiger partial charge in [0.1, 0.15) is 0 Å². The molecule has 0 heterocycles.